The number of hydrogen-bond acceptors (Lipinski definition) is 6. The van der Waals surface area contributed by atoms with Gasteiger partial charge in [0.1, 0.15) is 23.1 Å². The van der Waals surface area contributed by atoms with Crippen molar-refractivity contribution in [3.63, 3.8) is 0 Å². The van der Waals surface area contributed by atoms with Crippen molar-refractivity contribution in [2.75, 3.05) is 13.7 Å². The molecule has 1 heterocycles. The Morgan fingerprint density at radius 2 is 1.61 bits per heavy atom. The number of esters is 1. The van der Waals surface area contributed by atoms with Crippen LogP contribution in [-0.2, 0) is 19.0 Å². The molecule has 0 aliphatic carbocycles. The molecule has 28 heavy (non-hydrogen) atoms. The van der Waals surface area contributed by atoms with Gasteiger partial charge in [-0.05, 0) is 59.2 Å². The van der Waals surface area contributed by atoms with Crippen molar-refractivity contribution >= 4 is 12.1 Å². The smallest absolute Gasteiger partial charge is 0.408 e. The van der Waals surface area contributed by atoms with Gasteiger partial charge in [0.05, 0.1) is 13.7 Å². The number of nitrogens with one attached hydrogen (secondary N) is 1. The van der Waals surface area contributed by atoms with Crippen molar-refractivity contribution in [3.05, 3.63) is 29.8 Å². The molecule has 7 nitrogen and oxygen atoms in total. The molecule has 1 saturated heterocycles. The minimum absolute atomic E-state index is 0.276. The van der Waals surface area contributed by atoms with E-state index in [2.05, 4.69) is 5.32 Å². The van der Waals surface area contributed by atoms with Crippen molar-refractivity contribution in [1.82, 2.24) is 5.32 Å². The van der Waals surface area contributed by atoms with Gasteiger partial charge in [-0.3, -0.25) is 0 Å². The Hall–Kier alpha value is -2.28. The fourth-order valence-corrected chi connectivity index (χ4v) is 3.01. The molecule has 0 saturated carbocycles. The number of hydrogen-bond donors (Lipinski definition) is 1. The van der Waals surface area contributed by atoms with E-state index in [0.29, 0.717) is 12.4 Å². The van der Waals surface area contributed by atoms with Crippen molar-refractivity contribution in [3.8, 4) is 5.75 Å². The predicted molar refractivity (Wildman–Crippen MR) is 104 cm³/mol. The van der Waals surface area contributed by atoms with E-state index in [1.54, 1.807) is 60.8 Å². The highest BCUT2D eigenvalue weighted by atomic mass is 16.6. The summed E-state index contributed by atoms with van der Waals surface area (Å²) in [6, 6.07) is 7.18. The Kier molecular flexibility index (Phi) is 6.28. The van der Waals surface area contributed by atoms with Crippen molar-refractivity contribution in [2.24, 2.45) is 0 Å². The van der Waals surface area contributed by atoms with Gasteiger partial charge in [-0.1, -0.05) is 12.1 Å². The third-order valence-electron chi connectivity index (χ3n) is 4.13. The van der Waals surface area contributed by atoms with Crippen LogP contribution in [0.1, 0.15) is 59.6 Å². The Morgan fingerprint density at radius 1 is 1.04 bits per heavy atom. The molecule has 1 amide bonds. The molecule has 0 aromatic heterocycles. The molecule has 1 aliphatic heterocycles. The average molecular weight is 393 g/mol. The summed E-state index contributed by atoms with van der Waals surface area (Å²) in [6.45, 7) is 10.9. The van der Waals surface area contributed by atoms with E-state index >= 15 is 0 Å². The van der Waals surface area contributed by atoms with Crippen molar-refractivity contribution in [2.45, 2.75) is 70.8 Å². The average Bonchev–Trinajstić information content (AvgIpc) is 2.96. The normalized spacial score (nSPS) is 22.5. The molecule has 2 atom stereocenters. The molecular weight excluding hydrogens is 362 g/mol. The zero-order valence-corrected chi connectivity index (χ0v) is 17.8. The lowest BCUT2D eigenvalue weighted by molar-refractivity contribution is -0.166. The van der Waals surface area contributed by atoms with E-state index in [4.69, 9.17) is 18.9 Å². The van der Waals surface area contributed by atoms with Gasteiger partial charge in [0, 0.05) is 6.42 Å². The fraction of sp³-hybridized carbons (Fsp3) is 0.619. The van der Waals surface area contributed by atoms with Crippen molar-refractivity contribution in [1.29, 1.82) is 0 Å². The first kappa shape index (κ1) is 22.0. The number of benzene rings is 1. The number of carbonyl (C=O) groups is 2. The molecule has 1 aliphatic rings. The van der Waals surface area contributed by atoms with Gasteiger partial charge < -0.3 is 24.3 Å². The minimum atomic E-state index is -1.38. The minimum Gasteiger partial charge on any atom is -0.497 e. The largest absolute Gasteiger partial charge is 0.497 e. The Labute approximate surface area is 166 Å². The molecule has 0 spiro atoms. The lowest BCUT2D eigenvalue weighted by Gasteiger charge is -2.36. The summed E-state index contributed by atoms with van der Waals surface area (Å²) in [5.74, 6) is 0.133. The Balaban J connectivity index is 2.40. The first-order valence-corrected chi connectivity index (χ1v) is 9.36. The zero-order chi connectivity index (χ0) is 21.2. The third-order valence-corrected chi connectivity index (χ3v) is 4.13. The number of methoxy groups -OCH3 is 1. The van der Waals surface area contributed by atoms with Crippen LogP contribution in [0.5, 0.6) is 5.75 Å². The quantitative estimate of drug-likeness (QED) is 0.784. The van der Waals surface area contributed by atoms with E-state index in [1.807, 2.05) is 12.1 Å². The molecule has 0 bridgehead atoms. The monoisotopic (exact) mass is 393 g/mol. The van der Waals surface area contributed by atoms with E-state index < -0.39 is 34.9 Å². The number of ether oxygens (including phenoxy) is 4. The SMILES string of the molecule is COc1ccc([C@H]2OCC[C@@]2(NC(=O)OC(C)(C)C)C(=O)OC(C)(C)C)cc1. The number of carbonyl (C=O) groups excluding carboxylic acids is 2. The van der Waals surface area contributed by atoms with Crippen LogP contribution in [0.25, 0.3) is 0 Å². The summed E-state index contributed by atoms with van der Waals surface area (Å²) in [7, 11) is 1.58. The maximum atomic E-state index is 13.2. The van der Waals surface area contributed by atoms with E-state index in [-0.39, 0.29) is 6.42 Å². The molecule has 7 heteroatoms. The number of amides is 1. The highest BCUT2D eigenvalue weighted by Crippen LogP contribution is 2.40. The summed E-state index contributed by atoms with van der Waals surface area (Å²) < 4.78 is 22.1. The van der Waals surface area contributed by atoms with Crippen LogP contribution in [0.3, 0.4) is 0 Å². The van der Waals surface area contributed by atoms with Gasteiger partial charge in [0.25, 0.3) is 0 Å². The first-order chi connectivity index (χ1) is 12.9. The Morgan fingerprint density at radius 3 is 2.11 bits per heavy atom. The molecule has 156 valence electrons. The first-order valence-electron chi connectivity index (χ1n) is 9.36. The van der Waals surface area contributed by atoms with E-state index in [1.165, 1.54) is 0 Å². The van der Waals surface area contributed by atoms with Crippen LogP contribution >= 0.6 is 0 Å². The maximum Gasteiger partial charge on any atom is 0.408 e. The fourth-order valence-electron chi connectivity index (χ4n) is 3.01. The van der Waals surface area contributed by atoms with Crippen LogP contribution < -0.4 is 10.1 Å². The number of rotatable bonds is 4. The molecule has 1 aromatic carbocycles. The van der Waals surface area contributed by atoms with E-state index in [9.17, 15) is 9.59 Å². The van der Waals surface area contributed by atoms with Crippen LogP contribution in [0, 0.1) is 0 Å². The van der Waals surface area contributed by atoms with Gasteiger partial charge in [0.2, 0.25) is 0 Å². The summed E-state index contributed by atoms with van der Waals surface area (Å²) in [5.41, 5.74) is -2.06. The second-order valence-electron chi connectivity index (χ2n) is 8.87. The molecule has 1 fully saturated rings. The molecule has 0 radical (unpaired) electrons. The highest BCUT2D eigenvalue weighted by molar-refractivity contribution is 5.87. The highest BCUT2D eigenvalue weighted by Gasteiger charge is 2.55. The molecule has 2 rings (SSSR count). The van der Waals surface area contributed by atoms with Crippen LogP contribution in [-0.4, -0.2) is 42.5 Å². The summed E-state index contributed by atoms with van der Waals surface area (Å²) in [6.07, 6.45) is -1.12. The standard InChI is InChI=1S/C21H31NO6/c1-19(2,3)27-17(23)21(22-18(24)28-20(4,5)6)12-13-26-16(21)14-8-10-15(25-7)11-9-14/h8-11,16H,12-13H2,1-7H3,(H,22,24)/t16-,21+/m1/s1. The lowest BCUT2D eigenvalue weighted by Crippen LogP contribution is -2.59. The molecule has 1 aromatic rings. The topological polar surface area (TPSA) is 83.1 Å². The maximum absolute atomic E-state index is 13.2. The van der Waals surface area contributed by atoms with Crippen LogP contribution in [0.4, 0.5) is 4.79 Å². The summed E-state index contributed by atoms with van der Waals surface area (Å²) >= 11 is 0. The predicted octanol–water partition coefficient (Wildman–Crippen LogP) is 3.76. The van der Waals surface area contributed by atoms with Crippen molar-refractivity contribution < 1.29 is 28.5 Å². The van der Waals surface area contributed by atoms with Gasteiger partial charge in [-0.2, -0.15) is 0 Å². The second kappa shape index (κ2) is 7.99. The molecule has 0 unspecified atom stereocenters. The third kappa shape index (κ3) is 5.38. The van der Waals surface area contributed by atoms with Crippen LogP contribution in [0.2, 0.25) is 0 Å². The summed E-state index contributed by atoms with van der Waals surface area (Å²) in [4.78, 5) is 25.7. The lowest BCUT2D eigenvalue weighted by atomic mass is 9.86. The Bertz CT molecular complexity index is 701. The van der Waals surface area contributed by atoms with E-state index in [0.717, 1.165) is 5.56 Å². The van der Waals surface area contributed by atoms with Gasteiger partial charge in [-0.25, -0.2) is 9.59 Å². The number of alkyl carbamates (subject to hydrolysis) is 1. The van der Waals surface area contributed by atoms with Crippen LogP contribution in [0.15, 0.2) is 24.3 Å². The molecular formula is C21H31NO6. The molecule has 1 N–H and O–H groups in total. The second-order valence-corrected chi connectivity index (χ2v) is 8.87. The summed E-state index contributed by atoms with van der Waals surface area (Å²) in [5, 5.41) is 2.76. The van der Waals surface area contributed by atoms with Gasteiger partial charge in [0.15, 0.2) is 5.54 Å². The van der Waals surface area contributed by atoms with Gasteiger partial charge in [-0.15, -0.1) is 0 Å². The zero-order valence-electron chi connectivity index (χ0n) is 17.8. The van der Waals surface area contributed by atoms with Gasteiger partial charge >= 0.3 is 12.1 Å².